The Bertz CT molecular complexity index is 362. The van der Waals surface area contributed by atoms with Crippen LogP contribution in [0, 0.1) is 22.2 Å². The summed E-state index contributed by atoms with van der Waals surface area (Å²) in [6.07, 6.45) is 7.69. The van der Waals surface area contributed by atoms with E-state index in [0.29, 0.717) is 17.8 Å². The molecule has 0 radical (unpaired) electrons. The number of hydrogen-bond donors (Lipinski definition) is 0. The largest absolute Gasteiger partial charge is 0.462 e. The highest BCUT2D eigenvalue weighted by atomic mass is 16.5. The van der Waals surface area contributed by atoms with Gasteiger partial charge in [-0.05, 0) is 36.0 Å². The lowest BCUT2D eigenvalue weighted by atomic mass is 9.64. The molecule has 0 aliphatic carbocycles. The maximum atomic E-state index is 12.2. The van der Waals surface area contributed by atoms with Crippen molar-refractivity contribution in [2.24, 2.45) is 22.2 Å². The van der Waals surface area contributed by atoms with Gasteiger partial charge in [0.15, 0.2) is 0 Å². The van der Waals surface area contributed by atoms with Crippen molar-refractivity contribution in [1.82, 2.24) is 0 Å². The van der Waals surface area contributed by atoms with Crippen molar-refractivity contribution in [3.05, 3.63) is 0 Å². The summed E-state index contributed by atoms with van der Waals surface area (Å²) < 4.78 is 5.80. The van der Waals surface area contributed by atoms with Crippen molar-refractivity contribution in [2.75, 3.05) is 0 Å². The molecular weight excluding hydrogens is 308 g/mol. The molecule has 0 aliphatic rings. The molecule has 0 aromatic rings. The van der Waals surface area contributed by atoms with Crippen molar-refractivity contribution < 1.29 is 9.53 Å². The summed E-state index contributed by atoms with van der Waals surface area (Å²) in [6.45, 7) is 22.4. The molecule has 1 unspecified atom stereocenters. The molecule has 0 aliphatic heterocycles. The van der Waals surface area contributed by atoms with E-state index >= 15 is 0 Å². The first kappa shape index (κ1) is 24.5. The van der Waals surface area contributed by atoms with Gasteiger partial charge in [0.1, 0.15) is 6.10 Å². The molecule has 0 amide bonds. The fraction of sp³-hybridized carbons (Fsp3) is 0.957. The van der Waals surface area contributed by atoms with Gasteiger partial charge in [-0.25, -0.2) is 0 Å². The molecule has 0 saturated carbocycles. The van der Waals surface area contributed by atoms with Gasteiger partial charge in [0.25, 0.3) is 0 Å². The van der Waals surface area contributed by atoms with Crippen molar-refractivity contribution in [1.29, 1.82) is 0 Å². The number of rotatable bonds is 9. The van der Waals surface area contributed by atoms with Gasteiger partial charge in [0.05, 0.1) is 0 Å². The third kappa shape index (κ3) is 11.7. The molecule has 2 nitrogen and oxygen atoms in total. The molecule has 25 heavy (non-hydrogen) atoms. The van der Waals surface area contributed by atoms with E-state index in [-0.39, 0.29) is 22.9 Å². The maximum absolute atomic E-state index is 12.2. The Labute approximate surface area is 158 Å². The average molecular weight is 355 g/mol. The van der Waals surface area contributed by atoms with E-state index in [2.05, 4.69) is 69.2 Å². The Hall–Kier alpha value is -0.530. The standard InChI is InChI=1S/C23H46O2/c1-18(20(22(5,6)7)23(8,9)10)25-19(24)16-14-12-11-13-15-17-21(2,3)4/h18,20H,11-17H2,1-10H3. The van der Waals surface area contributed by atoms with Gasteiger partial charge in [-0.2, -0.15) is 0 Å². The van der Waals surface area contributed by atoms with Crippen molar-refractivity contribution in [2.45, 2.75) is 120 Å². The molecule has 0 N–H and O–H groups in total. The zero-order chi connectivity index (χ0) is 19.9. The number of unbranched alkanes of at least 4 members (excludes halogenated alkanes) is 4. The van der Waals surface area contributed by atoms with Crippen LogP contribution in [0.3, 0.4) is 0 Å². The smallest absolute Gasteiger partial charge is 0.306 e. The second-order valence-electron chi connectivity index (χ2n) is 11.2. The summed E-state index contributed by atoms with van der Waals surface area (Å²) in [6, 6.07) is 0. The van der Waals surface area contributed by atoms with E-state index in [9.17, 15) is 4.79 Å². The molecule has 1 atom stereocenters. The Morgan fingerprint density at radius 3 is 1.64 bits per heavy atom. The number of hydrogen-bond acceptors (Lipinski definition) is 2. The molecule has 0 aromatic heterocycles. The van der Waals surface area contributed by atoms with Crippen LogP contribution in [0.4, 0.5) is 0 Å². The number of esters is 1. The van der Waals surface area contributed by atoms with Gasteiger partial charge in [0, 0.05) is 12.3 Å². The van der Waals surface area contributed by atoms with Gasteiger partial charge in [-0.15, -0.1) is 0 Å². The van der Waals surface area contributed by atoms with E-state index < -0.39 is 0 Å². The fourth-order valence-corrected chi connectivity index (χ4v) is 4.50. The molecule has 0 heterocycles. The summed E-state index contributed by atoms with van der Waals surface area (Å²) in [5, 5.41) is 0. The summed E-state index contributed by atoms with van der Waals surface area (Å²) >= 11 is 0. The lowest BCUT2D eigenvalue weighted by molar-refractivity contribution is -0.156. The summed E-state index contributed by atoms with van der Waals surface area (Å²) in [4.78, 5) is 12.2. The van der Waals surface area contributed by atoms with Crippen LogP contribution in [0.1, 0.15) is 114 Å². The average Bonchev–Trinajstić information content (AvgIpc) is 2.32. The van der Waals surface area contributed by atoms with Crippen LogP contribution in [0.2, 0.25) is 0 Å². The Morgan fingerprint density at radius 2 is 1.20 bits per heavy atom. The minimum atomic E-state index is -0.0423. The third-order valence-corrected chi connectivity index (χ3v) is 4.96. The highest BCUT2D eigenvalue weighted by molar-refractivity contribution is 5.69. The van der Waals surface area contributed by atoms with E-state index in [1.807, 2.05) is 0 Å². The number of ether oxygens (including phenoxy) is 1. The van der Waals surface area contributed by atoms with E-state index in [1.54, 1.807) is 0 Å². The number of carbonyl (C=O) groups excluding carboxylic acids is 1. The minimum Gasteiger partial charge on any atom is -0.462 e. The van der Waals surface area contributed by atoms with Crippen molar-refractivity contribution in [3.8, 4) is 0 Å². The SMILES string of the molecule is CC(OC(=O)CCCCCCCC(C)(C)C)C(C(C)(C)C)C(C)(C)C. The normalized spacial score (nSPS) is 14.7. The summed E-state index contributed by atoms with van der Waals surface area (Å²) in [7, 11) is 0. The van der Waals surface area contributed by atoms with Crippen LogP contribution < -0.4 is 0 Å². The van der Waals surface area contributed by atoms with Crippen molar-refractivity contribution >= 4 is 5.97 Å². The van der Waals surface area contributed by atoms with Crippen LogP contribution in [0.15, 0.2) is 0 Å². The molecule has 0 aromatic carbocycles. The lowest BCUT2D eigenvalue weighted by Crippen LogP contribution is -2.42. The lowest BCUT2D eigenvalue weighted by Gasteiger charge is -2.43. The van der Waals surface area contributed by atoms with E-state index in [4.69, 9.17) is 4.74 Å². The first-order valence-electron chi connectivity index (χ1n) is 10.3. The molecule has 0 saturated heterocycles. The van der Waals surface area contributed by atoms with Crippen LogP contribution in [-0.4, -0.2) is 12.1 Å². The molecule has 150 valence electrons. The summed E-state index contributed by atoms with van der Waals surface area (Å²) in [5.41, 5.74) is 0.673. The number of carbonyl (C=O) groups is 1. The third-order valence-electron chi connectivity index (χ3n) is 4.96. The summed E-state index contributed by atoms with van der Waals surface area (Å²) in [5.74, 6) is 0.307. The Balaban J connectivity index is 4.13. The van der Waals surface area contributed by atoms with Crippen LogP contribution in [0.5, 0.6) is 0 Å². The maximum Gasteiger partial charge on any atom is 0.306 e. The van der Waals surface area contributed by atoms with E-state index in [0.717, 1.165) is 12.8 Å². The highest BCUT2D eigenvalue weighted by Crippen LogP contribution is 2.43. The monoisotopic (exact) mass is 354 g/mol. The fourth-order valence-electron chi connectivity index (χ4n) is 4.50. The highest BCUT2D eigenvalue weighted by Gasteiger charge is 2.40. The minimum absolute atomic E-state index is 0.0271. The zero-order valence-corrected chi connectivity index (χ0v) is 18.9. The van der Waals surface area contributed by atoms with Gasteiger partial charge in [0.2, 0.25) is 0 Å². The van der Waals surface area contributed by atoms with Crippen molar-refractivity contribution in [3.63, 3.8) is 0 Å². The van der Waals surface area contributed by atoms with Crippen LogP contribution >= 0.6 is 0 Å². The second kappa shape index (κ2) is 9.97. The molecule has 0 fully saturated rings. The van der Waals surface area contributed by atoms with E-state index in [1.165, 1.54) is 25.7 Å². The molecule has 0 rings (SSSR count). The van der Waals surface area contributed by atoms with Crippen LogP contribution in [0.25, 0.3) is 0 Å². The molecule has 0 bridgehead atoms. The molecule has 0 spiro atoms. The molecular formula is C23H46O2. The Morgan fingerprint density at radius 1 is 0.760 bits per heavy atom. The topological polar surface area (TPSA) is 26.3 Å². The van der Waals surface area contributed by atoms with Gasteiger partial charge >= 0.3 is 5.97 Å². The quantitative estimate of drug-likeness (QED) is 0.318. The predicted molar refractivity (Wildman–Crippen MR) is 110 cm³/mol. The Kier molecular flexibility index (Phi) is 9.76. The van der Waals surface area contributed by atoms with Gasteiger partial charge < -0.3 is 4.74 Å². The first-order chi connectivity index (χ1) is 11.1. The van der Waals surface area contributed by atoms with Crippen LogP contribution in [-0.2, 0) is 9.53 Å². The molecule has 2 heteroatoms. The van der Waals surface area contributed by atoms with Gasteiger partial charge in [-0.1, -0.05) is 88.0 Å². The second-order valence-corrected chi connectivity index (χ2v) is 11.2. The first-order valence-corrected chi connectivity index (χ1v) is 10.3. The predicted octanol–water partition coefficient (Wildman–Crippen LogP) is 7.40. The van der Waals surface area contributed by atoms with Gasteiger partial charge in [-0.3, -0.25) is 4.79 Å². The zero-order valence-electron chi connectivity index (χ0n) is 18.9.